The van der Waals surface area contributed by atoms with Gasteiger partial charge in [-0.3, -0.25) is 0 Å². The Labute approximate surface area is 356 Å². The monoisotopic (exact) mass is 783 g/mol. The molecule has 61 heavy (non-hydrogen) atoms. The van der Waals surface area contributed by atoms with Crippen LogP contribution >= 0.6 is 0 Å². The Hall–Kier alpha value is -6.84. The van der Waals surface area contributed by atoms with Crippen LogP contribution < -0.4 is 4.90 Å². The lowest BCUT2D eigenvalue weighted by atomic mass is 9.43. The summed E-state index contributed by atoms with van der Waals surface area (Å²) >= 11 is 0. The van der Waals surface area contributed by atoms with Gasteiger partial charge in [0.15, 0.2) is 0 Å². The van der Waals surface area contributed by atoms with Crippen LogP contribution in [0.2, 0.25) is 0 Å². The van der Waals surface area contributed by atoms with Gasteiger partial charge in [-0.05, 0) is 157 Å². The van der Waals surface area contributed by atoms with Crippen molar-refractivity contribution in [3.05, 3.63) is 199 Å². The molecule has 0 aliphatic heterocycles. The molecule has 3 heteroatoms. The highest BCUT2D eigenvalue weighted by atomic mass is 15.1. The van der Waals surface area contributed by atoms with Crippen molar-refractivity contribution in [2.24, 2.45) is 23.7 Å². The average molecular weight is 784 g/mol. The summed E-state index contributed by atoms with van der Waals surface area (Å²) in [5.74, 6) is 3.31. The Kier molecular flexibility index (Phi) is 7.01. The Bertz CT molecular complexity index is 3360. The molecule has 2 heterocycles. The standard InChI is InChI=1S/C58H45N3/c1-3-13-41(14-4-1)60-55-22-12-9-19-48(55)51-35-44(25-28-56(51)60)59(45-23-26-49-47-18-8-11-21-54(47)61(57(49)36-45)42-15-5-2-6-16-42)43-24-27-53-50(34-43)46-17-7-10-20-52(46)58(53)39-30-37-29-38(32-39)33-40(58)31-37/h1-28,34-40H,29-33H2. The van der Waals surface area contributed by atoms with Gasteiger partial charge in [-0.25, -0.2) is 0 Å². The zero-order valence-corrected chi connectivity index (χ0v) is 34.1. The fraction of sp³-hybridized carbons (Fsp3) is 0.172. The highest BCUT2D eigenvalue weighted by Crippen LogP contribution is 2.69. The van der Waals surface area contributed by atoms with E-state index in [2.05, 4.69) is 202 Å². The number of para-hydroxylation sites is 4. The largest absolute Gasteiger partial charge is 0.310 e. The first-order chi connectivity index (χ1) is 30.2. The Morgan fingerprint density at radius 3 is 1.56 bits per heavy atom. The third-order valence-electron chi connectivity index (χ3n) is 15.7. The molecule has 10 aromatic rings. The average Bonchev–Trinajstić information content (AvgIpc) is 3.92. The van der Waals surface area contributed by atoms with Crippen molar-refractivity contribution >= 4 is 60.7 Å². The van der Waals surface area contributed by atoms with E-state index in [1.165, 1.54) is 104 Å². The number of nitrogens with zero attached hydrogens (tertiary/aromatic N) is 3. The van der Waals surface area contributed by atoms with Crippen molar-refractivity contribution in [1.29, 1.82) is 0 Å². The van der Waals surface area contributed by atoms with Crippen LogP contribution in [0.3, 0.4) is 0 Å². The van der Waals surface area contributed by atoms with E-state index in [-0.39, 0.29) is 5.41 Å². The summed E-state index contributed by atoms with van der Waals surface area (Å²) in [7, 11) is 0. The molecule has 5 aliphatic carbocycles. The molecule has 0 radical (unpaired) electrons. The molecule has 4 fully saturated rings. The van der Waals surface area contributed by atoms with Gasteiger partial charge in [0.2, 0.25) is 0 Å². The van der Waals surface area contributed by atoms with Gasteiger partial charge in [-0.1, -0.05) is 109 Å². The molecule has 4 bridgehead atoms. The molecule has 4 saturated carbocycles. The normalized spacial score (nSPS) is 22.2. The van der Waals surface area contributed by atoms with Crippen molar-refractivity contribution < 1.29 is 0 Å². The van der Waals surface area contributed by atoms with Crippen LogP contribution in [0.1, 0.15) is 43.2 Å². The molecular weight excluding hydrogens is 739 g/mol. The zero-order chi connectivity index (χ0) is 39.8. The highest BCUT2D eigenvalue weighted by Gasteiger charge is 2.61. The quantitative estimate of drug-likeness (QED) is 0.169. The Morgan fingerprint density at radius 2 is 0.852 bits per heavy atom. The van der Waals surface area contributed by atoms with Gasteiger partial charge in [0, 0.05) is 55.4 Å². The summed E-state index contributed by atoms with van der Waals surface area (Å²) in [4.78, 5) is 2.53. The number of fused-ring (bicyclic) bond motifs is 9. The summed E-state index contributed by atoms with van der Waals surface area (Å²) < 4.78 is 4.86. The summed E-state index contributed by atoms with van der Waals surface area (Å²) in [6, 6.07) is 70.7. The number of hydrogen-bond donors (Lipinski definition) is 0. The van der Waals surface area contributed by atoms with Crippen LogP contribution in [0.15, 0.2) is 188 Å². The third-order valence-corrected chi connectivity index (χ3v) is 15.7. The summed E-state index contributed by atoms with van der Waals surface area (Å²) in [5.41, 5.74) is 16.9. The van der Waals surface area contributed by atoms with E-state index in [4.69, 9.17) is 0 Å². The van der Waals surface area contributed by atoms with Crippen LogP contribution in [0, 0.1) is 23.7 Å². The molecule has 0 unspecified atom stereocenters. The van der Waals surface area contributed by atoms with Gasteiger partial charge in [0.25, 0.3) is 0 Å². The second kappa shape index (κ2) is 12.6. The van der Waals surface area contributed by atoms with Crippen molar-refractivity contribution in [3.8, 4) is 22.5 Å². The molecule has 0 atom stereocenters. The number of aromatic nitrogens is 2. The minimum Gasteiger partial charge on any atom is -0.310 e. The van der Waals surface area contributed by atoms with Gasteiger partial charge in [-0.2, -0.15) is 0 Å². The topological polar surface area (TPSA) is 13.1 Å². The van der Waals surface area contributed by atoms with Crippen LogP contribution in [0.5, 0.6) is 0 Å². The maximum absolute atomic E-state index is 2.57. The predicted molar refractivity (Wildman–Crippen MR) is 253 cm³/mol. The van der Waals surface area contributed by atoms with Crippen LogP contribution in [-0.4, -0.2) is 9.13 Å². The lowest BCUT2D eigenvalue weighted by Crippen LogP contribution is -2.55. The van der Waals surface area contributed by atoms with Gasteiger partial charge in [0.1, 0.15) is 0 Å². The van der Waals surface area contributed by atoms with E-state index in [0.29, 0.717) is 0 Å². The predicted octanol–water partition coefficient (Wildman–Crippen LogP) is 15.1. The Morgan fingerprint density at radius 1 is 0.361 bits per heavy atom. The summed E-state index contributed by atoms with van der Waals surface area (Å²) in [6.45, 7) is 0. The molecule has 0 amide bonds. The van der Waals surface area contributed by atoms with Gasteiger partial charge >= 0.3 is 0 Å². The van der Waals surface area contributed by atoms with E-state index in [9.17, 15) is 0 Å². The first kappa shape index (κ1) is 33.9. The van der Waals surface area contributed by atoms with E-state index in [1.54, 1.807) is 11.1 Å². The number of anilines is 3. The van der Waals surface area contributed by atoms with Gasteiger partial charge in [-0.15, -0.1) is 0 Å². The molecule has 1 spiro atoms. The first-order valence-electron chi connectivity index (χ1n) is 22.4. The van der Waals surface area contributed by atoms with Gasteiger partial charge in [0.05, 0.1) is 22.1 Å². The maximum atomic E-state index is 2.57. The second-order valence-corrected chi connectivity index (χ2v) is 18.6. The second-order valence-electron chi connectivity index (χ2n) is 18.6. The van der Waals surface area contributed by atoms with E-state index >= 15 is 0 Å². The first-order valence-corrected chi connectivity index (χ1v) is 22.4. The molecule has 2 aromatic heterocycles. The minimum atomic E-state index is 0.135. The molecule has 5 aliphatic rings. The number of hydrogen-bond acceptors (Lipinski definition) is 1. The minimum absolute atomic E-state index is 0.135. The molecule has 0 saturated heterocycles. The zero-order valence-electron chi connectivity index (χ0n) is 34.1. The number of benzene rings is 8. The summed E-state index contributed by atoms with van der Waals surface area (Å²) in [5, 5.41) is 5.04. The Balaban J connectivity index is 1.02. The summed E-state index contributed by atoms with van der Waals surface area (Å²) in [6.07, 6.45) is 7.02. The van der Waals surface area contributed by atoms with Crippen molar-refractivity contribution in [3.63, 3.8) is 0 Å². The lowest BCUT2D eigenvalue weighted by Gasteiger charge is -2.61. The number of rotatable bonds is 5. The van der Waals surface area contributed by atoms with E-state index in [0.717, 1.165) is 35.0 Å². The van der Waals surface area contributed by atoms with Crippen molar-refractivity contribution in [2.75, 3.05) is 4.90 Å². The van der Waals surface area contributed by atoms with E-state index in [1.807, 2.05) is 0 Å². The third kappa shape index (κ3) is 4.64. The SMILES string of the molecule is c1ccc(-n2c3ccccc3c3cc(N(c4ccc5c(c4)-c4ccccc4C54C5CC6CC(C5)CC4C6)c4ccc5c6ccccc6n(-c6ccccc6)c5c4)ccc32)cc1. The fourth-order valence-electron chi connectivity index (χ4n) is 13.6. The smallest absolute Gasteiger partial charge is 0.0561 e. The molecule has 15 rings (SSSR count). The van der Waals surface area contributed by atoms with Crippen LogP contribution in [0.4, 0.5) is 17.1 Å². The van der Waals surface area contributed by atoms with E-state index < -0.39 is 0 Å². The molecule has 292 valence electrons. The molecule has 3 nitrogen and oxygen atoms in total. The fourth-order valence-corrected chi connectivity index (χ4v) is 13.6. The maximum Gasteiger partial charge on any atom is 0.0561 e. The van der Waals surface area contributed by atoms with Crippen molar-refractivity contribution in [2.45, 2.75) is 37.5 Å². The van der Waals surface area contributed by atoms with Crippen molar-refractivity contribution in [1.82, 2.24) is 9.13 Å². The lowest BCUT2D eigenvalue weighted by molar-refractivity contribution is -0.0399. The van der Waals surface area contributed by atoms with Gasteiger partial charge < -0.3 is 14.0 Å². The van der Waals surface area contributed by atoms with Crippen LogP contribution in [-0.2, 0) is 5.41 Å². The van der Waals surface area contributed by atoms with Crippen LogP contribution in [0.25, 0.3) is 66.1 Å². The molecule has 8 aromatic carbocycles. The molecule has 0 N–H and O–H groups in total. The molecular formula is C58H45N3. The highest BCUT2D eigenvalue weighted by molar-refractivity contribution is 6.12.